The van der Waals surface area contributed by atoms with Crippen molar-refractivity contribution in [2.24, 2.45) is 0 Å². The summed E-state index contributed by atoms with van der Waals surface area (Å²) in [6.45, 7) is 5.29. The topological polar surface area (TPSA) is 80.3 Å². The summed E-state index contributed by atoms with van der Waals surface area (Å²) in [5.74, 6) is -0.774. The van der Waals surface area contributed by atoms with E-state index in [4.69, 9.17) is 23.1 Å². The summed E-state index contributed by atoms with van der Waals surface area (Å²) >= 11 is 0. The Morgan fingerprint density at radius 2 is 1.75 bits per heavy atom. The van der Waals surface area contributed by atoms with Crippen LogP contribution < -0.4 is 0 Å². The van der Waals surface area contributed by atoms with Gasteiger partial charge in [-0.25, -0.2) is 0 Å². The third kappa shape index (κ3) is 3.49. The fourth-order valence-corrected chi connectivity index (χ4v) is 3.81. The molecule has 0 spiro atoms. The zero-order valence-corrected chi connectivity index (χ0v) is 14.9. The van der Waals surface area contributed by atoms with Crippen molar-refractivity contribution in [2.45, 2.75) is 56.1 Å². The lowest BCUT2D eigenvalue weighted by atomic mass is 10.1. The van der Waals surface area contributed by atoms with Crippen molar-refractivity contribution in [3.05, 3.63) is 29.8 Å². The van der Waals surface area contributed by atoms with E-state index in [-0.39, 0.29) is 11.5 Å². The average Bonchev–Trinajstić information content (AvgIpc) is 2.99. The molecule has 0 saturated carbocycles. The maximum atomic E-state index is 12.3. The quantitative estimate of drug-likeness (QED) is 0.740. The van der Waals surface area contributed by atoms with Crippen LogP contribution in [-0.4, -0.2) is 52.5 Å². The van der Waals surface area contributed by atoms with Gasteiger partial charge >= 0.3 is 0 Å². The van der Waals surface area contributed by atoms with Gasteiger partial charge in [-0.2, -0.15) is 8.42 Å². The molecule has 7 nitrogen and oxygen atoms in total. The fourth-order valence-electron chi connectivity index (χ4n) is 2.90. The van der Waals surface area contributed by atoms with Gasteiger partial charge in [-0.3, -0.25) is 4.18 Å². The van der Waals surface area contributed by atoms with Gasteiger partial charge in [0.1, 0.15) is 18.3 Å². The van der Waals surface area contributed by atoms with Crippen LogP contribution in [0, 0.1) is 6.92 Å². The Bertz CT molecular complexity index is 683. The molecule has 0 aliphatic carbocycles. The number of hydrogen-bond acceptors (Lipinski definition) is 7. The molecule has 2 fully saturated rings. The molecule has 0 N–H and O–H groups in total. The summed E-state index contributed by atoms with van der Waals surface area (Å²) in [7, 11) is -2.36. The van der Waals surface area contributed by atoms with Gasteiger partial charge in [0.25, 0.3) is 10.1 Å². The van der Waals surface area contributed by atoms with Gasteiger partial charge in [0.05, 0.1) is 11.5 Å². The number of benzene rings is 1. The Hall–Kier alpha value is -1.03. The number of aryl methyl sites for hydroxylation is 1. The Balaban J connectivity index is 1.69. The van der Waals surface area contributed by atoms with E-state index >= 15 is 0 Å². The minimum absolute atomic E-state index is 0.106. The van der Waals surface area contributed by atoms with Crippen molar-refractivity contribution in [1.29, 1.82) is 0 Å². The van der Waals surface area contributed by atoms with Gasteiger partial charge in [0.15, 0.2) is 12.1 Å². The molecule has 1 aromatic carbocycles. The first kappa shape index (κ1) is 17.8. The molecule has 0 amide bonds. The molecule has 134 valence electrons. The average molecular weight is 358 g/mol. The zero-order valence-electron chi connectivity index (χ0n) is 14.1. The normalized spacial score (nSPS) is 32.0. The SMILES string of the molecule is CO[C@H]1O[C@@H](COS(=O)(=O)c2ccc(C)cc2)[C@@H]2OC(C)(C)O[C@H]12. The molecule has 2 aliphatic heterocycles. The second kappa shape index (κ2) is 6.36. The second-order valence-corrected chi connectivity index (χ2v) is 8.01. The Morgan fingerprint density at radius 3 is 2.38 bits per heavy atom. The molecule has 24 heavy (non-hydrogen) atoms. The van der Waals surface area contributed by atoms with Gasteiger partial charge in [-0.15, -0.1) is 0 Å². The molecule has 0 unspecified atom stereocenters. The molecule has 0 aromatic heterocycles. The molecule has 3 rings (SSSR count). The standard InChI is InChI=1S/C16H22O7S/c1-10-5-7-11(8-6-10)24(17,18)20-9-12-13-14(15(19-4)21-12)23-16(2,3)22-13/h5-8,12-15H,9H2,1-4H3/t12-,13-,14-,15-/m0/s1. The smallest absolute Gasteiger partial charge is 0.297 e. The summed E-state index contributed by atoms with van der Waals surface area (Å²) < 4.78 is 52.2. The first-order valence-electron chi connectivity index (χ1n) is 7.72. The van der Waals surface area contributed by atoms with E-state index in [2.05, 4.69) is 0 Å². The van der Waals surface area contributed by atoms with E-state index in [1.807, 2.05) is 6.92 Å². The monoisotopic (exact) mass is 358 g/mol. The highest BCUT2D eigenvalue weighted by Gasteiger charge is 2.55. The lowest BCUT2D eigenvalue weighted by Crippen LogP contribution is -2.33. The first-order chi connectivity index (χ1) is 11.2. The molecule has 0 radical (unpaired) electrons. The van der Waals surface area contributed by atoms with E-state index in [9.17, 15) is 8.42 Å². The minimum atomic E-state index is -3.86. The fraction of sp³-hybridized carbons (Fsp3) is 0.625. The van der Waals surface area contributed by atoms with Crippen molar-refractivity contribution >= 4 is 10.1 Å². The van der Waals surface area contributed by atoms with Gasteiger partial charge < -0.3 is 18.9 Å². The maximum Gasteiger partial charge on any atom is 0.297 e. The van der Waals surface area contributed by atoms with Crippen LogP contribution in [0.4, 0.5) is 0 Å². The Kier molecular flexibility index (Phi) is 4.71. The summed E-state index contributed by atoms with van der Waals surface area (Å²) in [5.41, 5.74) is 0.970. The third-order valence-corrected chi connectivity index (χ3v) is 5.33. The highest BCUT2D eigenvalue weighted by atomic mass is 32.2. The van der Waals surface area contributed by atoms with Crippen LogP contribution >= 0.6 is 0 Å². The van der Waals surface area contributed by atoms with Crippen LogP contribution in [0.1, 0.15) is 19.4 Å². The molecule has 2 saturated heterocycles. The van der Waals surface area contributed by atoms with E-state index in [0.717, 1.165) is 5.56 Å². The van der Waals surface area contributed by atoms with Crippen molar-refractivity contribution in [3.63, 3.8) is 0 Å². The zero-order chi connectivity index (χ0) is 17.5. The lowest BCUT2D eigenvalue weighted by molar-refractivity contribution is -0.229. The van der Waals surface area contributed by atoms with Crippen LogP contribution in [0.25, 0.3) is 0 Å². The number of methoxy groups -OCH3 is 1. The van der Waals surface area contributed by atoms with Crippen LogP contribution in [-0.2, 0) is 33.2 Å². The molecule has 0 bridgehead atoms. The number of hydrogen-bond donors (Lipinski definition) is 0. The van der Waals surface area contributed by atoms with Gasteiger partial charge in [0.2, 0.25) is 0 Å². The van der Waals surface area contributed by atoms with E-state index in [1.165, 1.54) is 19.2 Å². The largest absolute Gasteiger partial charge is 0.353 e. The van der Waals surface area contributed by atoms with Crippen molar-refractivity contribution in [1.82, 2.24) is 0 Å². The summed E-state index contributed by atoms with van der Waals surface area (Å²) in [6, 6.07) is 6.46. The van der Waals surface area contributed by atoms with Crippen molar-refractivity contribution in [3.8, 4) is 0 Å². The number of fused-ring (bicyclic) bond motifs is 1. The summed E-state index contributed by atoms with van der Waals surface area (Å²) in [5, 5.41) is 0. The highest BCUT2D eigenvalue weighted by molar-refractivity contribution is 7.86. The van der Waals surface area contributed by atoms with Crippen molar-refractivity contribution in [2.75, 3.05) is 13.7 Å². The minimum Gasteiger partial charge on any atom is -0.353 e. The molecule has 4 atom stereocenters. The van der Waals surface area contributed by atoms with Gasteiger partial charge in [-0.05, 0) is 32.9 Å². The number of rotatable bonds is 5. The van der Waals surface area contributed by atoms with E-state index in [1.54, 1.807) is 26.0 Å². The summed E-state index contributed by atoms with van der Waals surface area (Å²) in [6.07, 6.45) is -2.08. The Labute approximate surface area is 141 Å². The predicted molar refractivity (Wildman–Crippen MR) is 83.8 cm³/mol. The van der Waals surface area contributed by atoms with Crippen LogP contribution in [0.2, 0.25) is 0 Å². The lowest BCUT2D eigenvalue weighted by Gasteiger charge is -2.23. The highest BCUT2D eigenvalue weighted by Crippen LogP contribution is 2.39. The summed E-state index contributed by atoms with van der Waals surface area (Å²) in [4.78, 5) is 0.106. The van der Waals surface area contributed by atoms with E-state index in [0.29, 0.717) is 0 Å². The van der Waals surface area contributed by atoms with Crippen LogP contribution in [0.15, 0.2) is 29.2 Å². The van der Waals surface area contributed by atoms with E-state index < -0.39 is 40.5 Å². The predicted octanol–water partition coefficient (Wildman–Crippen LogP) is 1.59. The van der Waals surface area contributed by atoms with Crippen LogP contribution in [0.5, 0.6) is 0 Å². The van der Waals surface area contributed by atoms with Crippen molar-refractivity contribution < 1.29 is 31.5 Å². The first-order valence-corrected chi connectivity index (χ1v) is 9.13. The van der Waals surface area contributed by atoms with Crippen LogP contribution in [0.3, 0.4) is 0 Å². The number of ether oxygens (including phenoxy) is 4. The molecule has 2 aliphatic rings. The molecular weight excluding hydrogens is 336 g/mol. The second-order valence-electron chi connectivity index (χ2n) is 6.40. The Morgan fingerprint density at radius 1 is 1.12 bits per heavy atom. The molecule has 2 heterocycles. The van der Waals surface area contributed by atoms with Gasteiger partial charge in [-0.1, -0.05) is 17.7 Å². The maximum absolute atomic E-state index is 12.3. The third-order valence-electron chi connectivity index (χ3n) is 4.04. The van der Waals surface area contributed by atoms with Gasteiger partial charge in [0, 0.05) is 7.11 Å². The molecule has 1 aromatic rings. The molecule has 8 heteroatoms. The molecular formula is C16H22O7S.